The molecule has 0 atom stereocenters. The zero-order valence-corrected chi connectivity index (χ0v) is 16.2. The summed E-state index contributed by atoms with van der Waals surface area (Å²) in [5.74, 6) is -0.606. The molecule has 0 spiro atoms. The maximum absolute atomic E-state index is 13.1. The number of benzene rings is 1. The highest BCUT2D eigenvalue weighted by Crippen LogP contribution is 2.29. The van der Waals surface area contributed by atoms with E-state index in [1.54, 1.807) is 13.0 Å². The second kappa shape index (κ2) is 9.34. The molecule has 2 amide bonds. The number of nitrogens with zero attached hydrogens (tertiary/aromatic N) is 3. The third-order valence-electron chi connectivity index (χ3n) is 4.57. The van der Waals surface area contributed by atoms with Gasteiger partial charge in [-0.25, -0.2) is 0 Å². The second-order valence-corrected chi connectivity index (χ2v) is 7.05. The number of amides is 2. The number of hydrogen-bond acceptors (Lipinski definition) is 5. The first kappa shape index (κ1) is 20.7. The van der Waals surface area contributed by atoms with Crippen LogP contribution in [0.3, 0.4) is 0 Å². The number of carbonyl (C=O) groups excluding carboxylic acids is 2. The summed E-state index contributed by atoms with van der Waals surface area (Å²) in [4.78, 5) is 39.5. The number of likely N-dealkylation sites (N-methyl/N-ethyl adjacent to an activating group) is 1. The molecule has 0 aromatic heterocycles. The minimum atomic E-state index is -0.501. The Balaban J connectivity index is 2.33. The molecule has 1 fully saturated rings. The summed E-state index contributed by atoms with van der Waals surface area (Å²) in [6.07, 6.45) is 3.20. The van der Waals surface area contributed by atoms with Crippen LogP contribution in [0.25, 0.3) is 0 Å². The summed E-state index contributed by atoms with van der Waals surface area (Å²) in [7, 11) is 0. The molecule has 1 aromatic rings. The van der Waals surface area contributed by atoms with Gasteiger partial charge in [0.05, 0.1) is 22.7 Å². The van der Waals surface area contributed by atoms with Crippen molar-refractivity contribution in [3.05, 3.63) is 33.9 Å². The molecule has 148 valence electrons. The lowest BCUT2D eigenvalue weighted by molar-refractivity contribution is -0.384. The van der Waals surface area contributed by atoms with Crippen LogP contribution in [0, 0.1) is 10.1 Å². The number of carbonyl (C=O) groups is 2. The van der Waals surface area contributed by atoms with Crippen LogP contribution in [0.4, 0.5) is 11.4 Å². The van der Waals surface area contributed by atoms with E-state index in [2.05, 4.69) is 10.2 Å². The van der Waals surface area contributed by atoms with Crippen molar-refractivity contribution >= 4 is 23.2 Å². The van der Waals surface area contributed by atoms with E-state index in [0.29, 0.717) is 12.2 Å². The van der Waals surface area contributed by atoms with Crippen molar-refractivity contribution in [2.75, 3.05) is 31.1 Å². The molecule has 0 bridgehead atoms. The van der Waals surface area contributed by atoms with Crippen LogP contribution in [-0.4, -0.2) is 53.9 Å². The predicted octanol–water partition coefficient (Wildman–Crippen LogP) is 2.57. The minimum Gasteiger partial charge on any atom is -0.371 e. The Morgan fingerprint density at radius 3 is 2.48 bits per heavy atom. The fourth-order valence-corrected chi connectivity index (χ4v) is 3.26. The number of nitrogens with one attached hydrogen (secondary N) is 1. The van der Waals surface area contributed by atoms with Crippen LogP contribution in [0.2, 0.25) is 0 Å². The van der Waals surface area contributed by atoms with Gasteiger partial charge in [0.15, 0.2) is 0 Å². The van der Waals surface area contributed by atoms with Crippen LogP contribution < -0.4 is 10.2 Å². The molecule has 0 unspecified atom stereocenters. The molecule has 1 N–H and O–H groups in total. The van der Waals surface area contributed by atoms with Crippen LogP contribution >= 0.6 is 0 Å². The van der Waals surface area contributed by atoms with Crippen molar-refractivity contribution in [1.29, 1.82) is 0 Å². The van der Waals surface area contributed by atoms with Gasteiger partial charge in [-0.3, -0.25) is 19.7 Å². The molecule has 1 heterocycles. The number of nitro groups is 1. The van der Waals surface area contributed by atoms with Crippen molar-refractivity contribution < 1.29 is 14.5 Å². The van der Waals surface area contributed by atoms with Gasteiger partial charge in [-0.15, -0.1) is 0 Å². The number of rotatable bonds is 7. The van der Waals surface area contributed by atoms with E-state index in [1.807, 2.05) is 13.8 Å². The summed E-state index contributed by atoms with van der Waals surface area (Å²) in [5, 5.41) is 14.0. The third-order valence-corrected chi connectivity index (χ3v) is 4.57. The highest BCUT2D eigenvalue weighted by atomic mass is 16.6. The topological polar surface area (TPSA) is 95.8 Å². The monoisotopic (exact) mass is 376 g/mol. The standard InChI is InChI=1S/C19H28N4O4/c1-4-21(13-18(24)20-14(2)3)19(25)16-12-15(23(26)27)8-9-17(16)22-10-6-5-7-11-22/h8-9,12,14H,4-7,10-11,13H2,1-3H3,(H,20,24). The Hall–Kier alpha value is -2.64. The third kappa shape index (κ3) is 5.42. The van der Waals surface area contributed by atoms with E-state index in [-0.39, 0.29) is 35.7 Å². The van der Waals surface area contributed by atoms with Crippen molar-refractivity contribution in [2.45, 2.75) is 46.1 Å². The molecular weight excluding hydrogens is 348 g/mol. The van der Waals surface area contributed by atoms with Crippen molar-refractivity contribution in [3.8, 4) is 0 Å². The Kier molecular flexibility index (Phi) is 7.15. The van der Waals surface area contributed by atoms with Gasteiger partial charge in [0.2, 0.25) is 5.91 Å². The largest absolute Gasteiger partial charge is 0.371 e. The number of anilines is 1. The average molecular weight is 376 g/mol. The zero-order chi connectivity index (χ0) is 20.0. The van der Waals surface area contributed by atoms with E-state index < -0.39 is 4.92 Å². The summed E-state index contributed by atoms with van der Waals surface area (Å²) in [5.41, 5.74) is 0.861. The van der Waals surface area contributed by atoms with E-state index in [0.717, 1.165) is 32.4 Å². The Bertz CT molecular complexity index is 699. The van der Waals surface area contributed by atoms with Gasteiger partial charge in [-0.1, -0.05) is 0 Å². The first-order valence-corrected chi connectivity index (χ1v) is 9.45. The lowest BCUT2D eigenvalue weighted by Crippen LogP contribution is -2.43. The molecule has 1 saturated heterocycles. The number of hydrogen-bond donors (Lipinski definition) is 1. The number of nitro benzene ring substituents is 1. The molecule has 0 aliphatic carbocycles. The molecule has 1 aromatic carbocycles. The summed E-state index contributed by atoms with van der Waals surface area (Å²) < 4.78 is 0. The Morgan fingerprint density at radius 1 is 1.26 bits per heavy atom. The molecule has 1 aliphatic rings. The zero-order valence-electron chi connectivity index (χ0n) is 16.2. The first-order chi connectivity index (χ1) is 12.8. The van der Waals surface area contributed by atoms with Gasteiger partial charge < -0.3 is 15.1 Å². The van der Waals surface area contributed by atoms with Gasteiger partial charge >= 0.3 is 0 Å². The van der Waals surface area contributed by atoms with Gasteiger partial charge in [0, 0.05) is 37.8 Å². The summed E-state index contributed by atoms with van der Waals surface area (Å²) in [6.45, 7) is 7.40. The highest BCUT2D eigenvalue weighted by molar-refractivity contribution is 6.02. The van der Waals surface area contributed by atoms with Crippen molar-refractivity contribution in [1.82, 2.24) is 10.2 Å². The van der Waals surface area contributed by atoms with Crippen LogP contribution in [0.5, 0.6) is 0 Å². The molecule has 1 aliphatic heterocycles. The van der Waals surface area contributed by atoms with E-state index in [1.165, 1.54) is 17.0 Å². The summed E-state index contributed by atoms with van der Waals surface area (Å²) in [6, 6.07) is 4.39. The Labute approximate surface area is 159 Å². The lowest BCUT2D eigenvalue weighted by atomic mass is 10.1. The fraction of sp³-hybridized carbons (Fsp3) is 0.579. The van der Waals surface area contributed by atoms with E-state index in [9.17, 15) is 19.7 Å². The van der Waals surface area contributed by atoms with Crippen LogP contribution in [-0.2, 0) is 4.79 Å². The van der Waals surface area contributed by atoms with E-state index in [4.69, 9.17) is 0 Å². The minimum absolute atomic E-state index is 0.0203. The van der Waals surface area contributed by atoms with Crippen molar-refractivity contribution in [3.63, 3.8) is 0 Å². The molecule has 27 heavy (non-hydrogen) atoms. The molecule has 2 rings (SSSR count). The van der Waals surface area contributed by atoms with E-state index >= 15 is 0 Å². The number of piperidine rings is 1. The van der Waals surface area contributed by atoms with Gasteiger partial charge in [0.25, 0.3) is 11.6 Å². The smallest absolute Gasteiger partial charge is 0.270 e. The maximum Gasteiger partial charge on any atom is 0.270 e. The Morgan fingerprint density at radius 2 is 1.93 bits per heavy atom. The molecule has 0 saturated carbocycles. The van der Waals surface area contributed by atoms with Crippen LogP contribution in [0.15, 0.2) is 18.2 Å². The van der Waals surface area contributed by atoms with Crippen molar-refractivity contribution in [2.24, 2.45) is 0 Å². The molecule has 8 nitrogen and oxygen atoms in total. The summed E-state index contributed by atoms with van der Waals surface area (Å²) >= 11 is 0. The fourth-order valence-electron chi connectivity index (χ4n) is 3.26. The maximum atomic E-state index is 13.1. The van der Waals surface area contributed by atoms with Gasteiger partial charge in [-0.2, -0.15) is 0 Å². The average Bonchev–Trinajstić information content (AvgIpc) is 2.65. The quantitative estimate of drug-likeness (QED) is 0.583. The van der Waals surface area contributed by atoms with Gasteiger partial charge in [-0.05, 0) is 46.1 Å². The molecule has 8 heteroatoms. The normalized spacial score (nSPS) is 14.1. The SMILES string of the molecule is CCN(CC(=O)NC(C)C)C(=O)c1cc([N+](=O)[O-])ccc1N1CCCCC1. The number of non-ortho nitro benzene ring substituents is 1. The lowest BCUT2D eigenvalue weighted by Gasteiger charge is -2.31. The first-order valence-electron chi connectivity index (χ1n) is 9.45. The molecular formula is C19H28N4O4. The van der Waals surface area contributed by atoms with Crippen LogP contribution in [0.1, 0.15) is 50.4 Å². The predicted molar refractivity (Wildman–Crippen MR) is 104 cm³/mol. The second-order valence-electron chi connectivity index (χ2n) is 7.05. The highest BCUT2D eigenvalue weighted by Gasteiger charge is 2.25. The molecule has 0 radical (unpaired) electrons. The van der Waals surface area contributed by atoms with Gasteiger partial charge in [0.1, 0.15) is 0 Å².